The minimum absolute atomic E-state index is 0.206. The third-order valence-corrected chi connectivity index (χ3v) is 5.04. The monoisotopic (exact) mass is 396 g/mol. The number of nitrogens with zero attached hydrogens (tertiary/aromatic N) is 3. The van der Waals surface area contributed by atoms with Gasteiger partial charge in [-0.3, -0.25) is 9.78 Å². The summed E-state index contributed by atoms with van der Waals surface area (Å²) in [7, 11) is 0. The van der Waals surface area contributed by atoms with Crippen molar-refractivity contribution in [3.05, 3.63) is 81.6 Å². The Kier molecular flexibility index (Phi) is 4.95. The third-order valence-electron chi connectivity index (χ3n) is 3.81. The molecule has 0 aliphatic rings. The summed E-state index contributed by atoms with van der Waals surface area (Å²) >= 11 is 7.14. The van der Waals surface area contributed by atoms with Gasteiger partial charge in [0.25, 0.3) is 5.91 Å². The fraction of sp³-hybridized carbons (Fsp3) is 0.0526. The molecule has 1 amide bonds. The van der Waals surface area contributed by atoms with E-state index in [1.54, 1.807) is 24.5 Å². The number of aromatic nitrogens is 3. The number of pyridine rings is 1. The summed E-state index contributed by atoms with van der Waals surface area (Å²) in [6.45, 7) is 0. The minimum atomic E-state index is -0.206. The first-order valence-corrected chi connectivity index (χ1v) is 9.26. The van der Waals surface area contributed by atoms with Crippen molar-refractivity contribution in [1.29, 1.82) is 0 Å². The van der Waals surface area contributed by atoms with Crippen LogP contribution in [-0.4, -0.2) is 21.0 Å². The van der Waals surface area contributed by atoms with Crippen LogP contribution in [0.3, 0.4) is 0 Å². The fourth-order valence-electron chi connectivity index (χ4n) is 2.52. The van der Waals surface area contributed by atoms with Gasteiger partial charge < -0.3 is 9.84 Å². The van der Waals surface area contributed by atoms with Crippen LogP contribution in [0.25, 0.3) is 11.4 Å². The first-order valence-electron chi connectivity index (χ1n) is 8.06. The van der Waals surface area contributed by atoms with Crippen LogP contribution in [-0.2, 0) is 6.42 Å². The molecule has 0 spiro atoms. The van der Waals surface area contributed by atoms with Crippen LogP contribution in [0.5, 0.6) is 0 Å². The van der Waals surface area contributed by atoms with E-state index < -0.39 is 0 Å². The predicted molar refractivity (Wildman–Crippen MR) is 104 cm³/mol. The second-order valence-corrected chi connectivity index (χ2v) is 7.35. The summed E-state index contributed by atoms with van der Waals surface area (Å²) in [5.74, 6) is 0.757. The lowest BCUT2D eigenvalue weighted by Gasteiger charge is -2.08. The van der Waals surface area contributed by atoms with E-state index in [4.69, 9.17) is 16.1 Å². The summed E-state index contributed by atoms with van der Waals surface area (Å²) in [4.78, 5) is 21.4. The third kappa shape index (κ3) is 4.05. The van der Waals surface area contributed by atoms with Gasteiger partial charge in [-0.25, -0.2) is 0 Å². The lowest BCUT2D eigenvalue weighted by Crippen LogP contribution is -2.12. The number of rotatable bonds is 5. The van der Waals surface area contributed by atoms with Gasteiger partial charge in [0.2, 0.25) is 11.7 Å². The van der Waals surface area contributed by atoms with Crippen molar-refractivity contribution in [1.82, 2.24) is 15.1 Å². The molecule has 134 valence electrons. The first-order chi connectivity index (χ1) is 13.2. The van der Waals surface area contributed by atoms with Crippen molar-refractivity contribution < 1.29 is 9.32 Å². The molecule has 1 N–H and O–H groups in total. The number of halogens is 1. The molecule has 0 bridgehead atoms. The van der Waals surface area contributed by atoms with Gasteiger partial charge >= 0.3 is 0 Å². The van der Waals surface area contributed by atoms with Crippen LogP contribution < -0.4 is 5.32 Å². The van der Waals surface area contributed by atoms with E-state index in [9.17, 15) is 4.79 Å². The van der Waals surface area contributed by atoms with E-state index in [1.165, 1.54) is 11.3 Å². The number of carbonyl (C=O) groups is 1. The summed E-state index contributed by atoms with van der Waals surface area (Å²) in [6, 6.07) is 14.5. The van der Waals surface area contributed by atoms with Gasteiger partial charge in [0, 0.05) is 23.6 Å². The van der Waals surface area contributed by atoms with Gasteiger partial charge in [-0.15, -0.1) is 11.3 Å². The largest absolute Gasteiger partial charge is 0.339 e. The number of hydrogen-bond acceptors (Lipinski definition) is 6. The minimum Gasteiger partial charge on any atom is -0.339 e. The molecule has 0 aliphatic carbocycles. The molecule has 0 saturated heterocycles. The molecule has 3 heterocycles. The Labute approximate surface area is 163 Å². The highest BCUT2D eigenvalue weighted by Gasteiger charge is 2.14. The zero-order chi connectivity index (χ0) is 18.6. The molecular formula is C19H13ClN4O2S. The van der Waals surface area contributed by atoms with Crippen molar-refractivity contribution in [2.45, 2.75) is 6.42 Å². The van der Waals surface area contributed by atoms with E-state index in [-0.39, 0.29) is 5.91 Å². The number of thiophene rings is 1. The molecule has 27 heavy (non-hydrogen) atoms. The molecule has 1 aromatic carbocycles. The number of anilines is 1. The predicted octanol–water partition coefficient (Wildman–Crippen LogP) is 4.69. The van der Waals surface area contributed by atoms with Crippen molar-refractivity contribution in [2.75, 3.05) is 5.32 Å². The van der Waals surface area contributed by atoms with Crippen LogP contribution in [0.2, 0.25) is 4.34 Å². The Balaban J connectivity index is 1.53. The molecule has 0 unspecified atom stereocenters. The standard InChI is InChI=1S/C19H13ClN4O2S/c20-16-6-5-15(27-16)19(25)22-14-4-2-1-3-13(14)11-17-23-18(24-26-17)12-7-9-21-10-8-12/h1-10H,11H2,(H,22,25). The Hall–Kier alpha value is -3.03. The molecule has 8 heteroatoms. The quantitative estimate of drug-likeness (QED) is 0.529. The normalized spacial score (nSPS) is 10.7. The fourth-order valence-corrected chi connectivity index (χ4v) is 3.46. The van der Waals surface area contributed by atoms with Gasteiger partial charge in [0.05, 0.1) is 15.6 Å². The van der Waals surface area contributed by atoms with Crippen molar-refractivity contribution >= 4 is 34.5 Å². The number of carbonyl (C=O) groups excluding carboxylic acids is 1. The van der Waals surface area contributed by atoms with Crippen molar-refractivity contribution in [3.63, 3.8) is 0 Å². The zero-order valence-corrected chi connectivity index (χ0v) is 15.5. The summed E-state index contributed by atoms with van der Waals surface area (Å²) in [6.07, 6.45) is 3.75. The van der Waals surface area contributed by atoms with Crippen LogP contribution in [0, 0.1) is 0 Å². The number of hydrogen-bond donors (Lipinski definition) is 1. The molecule has 0 radical (unpaired) electrons. The Morgan fingerprint density at radius 3 is 2.70 bits per heavy atom. The molecule has 3 aromatic heterocycles. The van der Waals surface area contributed by atoms with Crippen LogP contribution in [0.1, 0.15) is 21.1 Å². The molecule has 0 aliphatic heterocycles. The number of nitrogens with one attached hydrogen (secondary N) is 1. The zero-order valence-electron chi connectivity index (χ0n) is 13.9. The van der Waals surface area contributed by atoms with E-state index in [2.05, 4.69) is 20.4 Å². The Morgan fingerprint density at radius 2 is 1.93 bits per heavy atom. The van der Waals surface area contributed by atoms with Gasteiger partial charge in [-0.1, -0.05) is 35.0 Å². The molecular weight excluding hydrogens is 384 g/mol. The molecule has 4 rings (SSSR count). The molecule has 6 nitrogen and oxygen atoms in total. The Bertz CT molecular complexity index is 1080. The van der Waals surface area contributed by atoms with Gasteiger partial charge in [0.1, 0.15) is 0 Å². The average molecular weight is 397 g/mol. The van der Waals surface area contributed by atoms with E-state index >= 15 is 0 Å². The lowest BCUT2D eigenvalue weighted by atomic mass is 10.1. The van der Waals surface area contributed by atoms with Gasteiger partial charge in [0.15, 0.2) is 0 Å². The maximum absolute atomic E-state index is 12.4. The first kappa shape index (κ1) is 17.4. The second kappa shape index (κ2) is 7.69. The SMILES string of the molecule is O=C(Nc1ccccc1Cc1nc(-c2ccncc2)no1)c1ccc(Cl)s1. The summed E-state index contributed by atoms with van der Waals surface area (Å²) < 4.78 is 5.93. The van der Waals surface area contributed by atoms with Gasteiger partial charge in [-0.05, 0) is 35.9 Å². The van der Waals surface area contributed by atoms with Gasteiger partial charge in [-0.2, -0.15) is 4.98 Å². The maximum Gasteiger partial charge on any atom is 0.265 e. The van der Waals surface area contributed by atoms with Crippen molar-refractivity contribution in [3.8, 4) is 11.4 Å². The molecule has 0 saturated carbocycles. The number of amides is 1. The lowest BCUT2D eigenvalue weighted by molar-refractivity contribution is 0.103. The smallest absolute Gasteiger partial charge is 0.265 e. The highest BCUT2D eigenvalue weighted by Crippen LogP contribution is 2.24. The van der Waals surface area contributed by atoms with E-state index in [0.717, 1.165) is 11.1 Å². The number of para-hydroxylation sites is 1. The van der Waals surface area contributed by atoms with Crippen LogP contribution in [0.15, 0.2) is 65.4 Å². The average Bonchev–Trinajstić information content (AvgIpc) is 3.33. The second-order valence-electron chi connectivity index (χ2n) is 5.64. The molecule has 0 fully saturated rings. The topological polar surface area (TPSA) is 80.9 Å². The Morgan fingerprint density at radius 1 is 1.11 bits per heavy atom. The number of benzene rings is 1. The molecule has 0 atom stereocenters. The van der Waals surface area contributed by atoms with E-state index in [1.807, 2.05) is 36.4 Å². The van der Waals surface area contributed by atoms with Crippen LogP contribution >= 0.6 is 22.9 Å². The maximum atomic E-state index is 12.4. The van der Waals surface area contributed by atoms with E-state index in [0.29, 0.717) is 33.0 Å². The van der Waals surface area contributed by atoms with Crippen LogP contribution in [0.4, 0.5) is 5.69 Å². The highest BCUT2D eigenvalue weighted by molar-refractivity contribution is 7.18. The summed E-state index contributed by atoms with van der Waals surface area (Å²) in [5.41, 5.74) is 2.39. The van der Waals surface area contributed by atoms with Crippen molar-refractivity contribution in [2.24, 2.45) is 0 Å². The summed E-state index contributed by atoms with van der Waals surface area (Å²) in [5, 5.41) is 6.92. The molecule has 4 aromatic rings. The highest BCUT2D eigenvalue weighted by atomic mass is 35.5.